The molecule has 0 fully saturated rings. The lowest BCUT2D eigenvalue weighted by atomic mass is 9.98. The number of nitrogens with one attached hydrogen (secondary N) is 2. The van der Waals surface area contributed by atoms with Gasteiger partial charge in [0.2, 0.25) is 17.7 Å². The van der Waals surface area contributed by atoms with Crippen molar-refractivity contribution in [2.45, 2.75) is 77.3 Å². The van der Waals surface area contributed by atoms with Gasteiger partial charge in [-0.15, -0.1) is 0 Å². The minimum absolute atomic E-state index is 0.0614. The van der Waals surface area contributed by atoms with Gasteiger partial charge in [-0.05, 0) is 29.9 Å². The molecule has 11 heteroatoms. The fraction of sp³-hybridized carbons (Fsp3) is 0.433. The summed E-state index contributed by atoms with van der Waals surface area (Å²) in [6.07, 6.45) is 0.0601. The topological polar surface area (TPSA) is 180 Å². The summed E-state index contributed by atoms with van der Waals surface area (Å²) in [7, 11) is 0. The van der Waals surface area contributed by atoms with Gasteiger partial charge in [-0.3, -0.25) is 24.0 Å². The van der Waals surface area contributed by atoms with Crippen molar-refractivity contribution in [3.05, 3.63) is 71.8 Å². The van der Waals surface area contributed by atoms with Crippen LogP contribution in [0.4, 0.5) is 0 Å². The predicted octanol–water partition coefficient (Wildman–Crippen LogP) is 1.86. The molecule has 6 N–H and O–H groups in total. The van der Waals surface area contributed by atoms with E-state index in [2.05, 4.69) is 10.6 Å². The van der Waals surface area contributed by atoms with E-state index in [1.165, 1.54) is 0 Å². The third kappa shape index (κ3) is 12.2. The van der Waals surface area contributed by atoms with E-state index >= 15 is 0 Å². The molecule has 4 atom stereocenters. The molecule has 2 rings (SSSR count). The zero-order valence-electron chi connectivity index (χ0n) is 23.5. The van der Waals surface area contributed by atoms with Crippen LogP contribution in [0.5, 0.6) is 0 Å². The predicted molar refractivity (Wildman–Crippen MR) is 151 cm³/mol. The molecule has 0 spiro atoms. The van der Waals surface area contributed by atoms with Crippen molar-refractivity contribution in [1.29, 1.82) is 0 Å². The fourth-order valence-electron chi connectivity index (χ4n) is 3.75. The van der Waals surface area contributed by atoms with E-state index in [0.29, 0.717) is 6.42 Å². The van der Waals surface area contributed by atoms with Gasteiger partial charge in [0, 0.05) is 12.8 Å². The molecule has 3 amide bonds. The number of primary amides is 1. The zero-order chi connectivity index (χ0) is 30.2. The maximum atomic E-state index is 13.2. The summed E-state index contributed by atoms with van der Waals surface area (Å²) in [6.45, 7) is 3.82. The van der Waals surface area contributed by atoms with Crippen LogP contribution in [0.2, 0.25) is 0 Å². The summed E-state index contributed by atoms with van der Waals surface area (Å²) in [6, 6.07) is 14.9. The van der Waals surface area contributed by atoms with Crippen LogP contribution >= 0.6 is 0 Å². The average Bonchev–Trinajstić information content (AvgIpc) is 2.98. The molecule has 0 aliphatic heterocycles. The van der Waals surface area contributed by atoms with Gasteiger partial charge in [-0.25, -0.2) is 0 Å². The minimum atomic E-state index is -1.21. The van der Waals surface area contributed by atoms with Crippen LogP contribution in [0.3, 0.4) is 0 Å². The second-order valence-corrected chi connectivity index (χ2v) is 9.81. The summed E-state index contributed by atoms with van der Waals surface area (Å²) >= 11 is 0. The summed E-state index contributed by atoms with van der Waals surface area (Å²) in [5.74, 6) is -3.48. The number of carbonyl (C=O) groups excluding carboxylic acids is 5. The molecule has 0 aromatic heterocycles. The molecule has 0 heterocycles. The van der Waals surface area contributed by atoms with Crippen LogP contribution < -0.4 is 22.1 Å². The summed E-state index contributed by atoms with van der Waals surface area (Å²) in [4.78, 5) is 62.6. The van der Waals surface area contributed by atoms with E-state index < -0.39 is 47.8 Å². The molecule has 41 heavy (non-hydrogen) atoms. The molecular formula is C30H40N4O7. The molecule has 0 aliphatic rings. The Labute approximate surface area is 240 Å². The van der Waals surface area contributed by atoms with Gasteiger partial charge >= 0.3 is 11.9 Å². The number of esters is 2. The van der Waals surface area contributed by atoms with Gasteiger partial charge in [0.1, 0.15) is 25.3 Å². The molecular weight excluding hydrogens is 528 g/mol. The van der Waals surface area contributed by atoms with Crippen LogP contribution in [-0.2, 0) is 46.7 Å². The molecule has 0 saturated heterocycles. The van der Waals surface area contributed by atoms with Gasteiger partial charge < -0.3 is 31.6 Å². The SMILES string of the molecule is CC[C@@H](C)[C@@H](N)C(=O)N[C@@H](CCC(=O)OCc1ccccc1)C(=O)N[C@@H](CCC(=O)OCc1ccccc1)C(N)=O. The average molecular weight is 569 g/mol. The summed E-state index contributed by atoms with van der Waals surface area (Å²) < 4.78 is 10.5. The maximum Gasteiger partial charge on any atom is 0.306 e. The Kier molecular flexibility index (Phi) is 14.0. The van der Waals surface area contributed by atoms with E-state index in [1.54, 1.807) is 19.1 Å². The second kappa shape index (κ2) is 17.4. The van der Waals surface area contributed by atoms with Crippen molar-refractivity contribution in [1.82, 2.24) is 10.6 Å². The minimum Gasteiger partial charge on any atom is -0.461 e. The zero-order valence-corrected chi connectivity index (χ0v) is 23.5. The van der Waals surface area contributed by atoms with E-state index in [4.69, 9.17) is 20.9 Å². The van der Waals surface area contributed by atoms with Crippen LogP contribution in [0.15, 0.2) is 60.7 Å². The van der Waals surface area contributed by atoms with E-state index in [1.807, 2.05) is 55.5 Å². The van der Waals surface area contributed by atoms with Crippen molar-refractivity contribution in [2.24, 2.45) is 17.4 Å². The van der Waals surface area contributed by atoms with Crippen LogP contribution in [0, 0.1) is 5.92 Å². The fourth-order valence-corrected chi connectivity index (χ4v) is 3.75. The van der Waals surface area contributed by atoms with Gasteiger partial charge in [-0.1, -0.05) is 80.9 Å². The van der Waals surface area contributed by atoms with Gasteiger partial charge in [0.25, 0.3) is 0 Å². The number of ether oxygens (including phenoxy) is 2. The highest BCUT2D eigenvalue weighted by Gasteiger charge is 2.29. The molecule has 0 saturated carbocycles. The Bertz CT molecular complexity index is 1140. The Morgan fingerprint density at radius 3 is 1.61 bits per heavy atom. The molecule has 11 nitrogen and oxygen atoms in total. The Morgan fingerprint density at radius 2 is 1.17 bits per heavy atom. The maximum absolute atomic E-state index is 13.2. The first-order valence-corrected chi connectivity index (χ1v) is 13.6. The summed E-state index contributed by atoms with van der Waals surface area (Å²) in [5, 5.41) is 5.07. The highest BCUT2D eigenvalue weighted by Crippen LogP contribution is 2.10. The lowest BCUT2D eigenvalue weighted by Gasteiger charge is -2.24. The third-order valence-electron chi connectivity index (χ3n) is 6.61. The lowest BCUT2D eigenvalue weighted by Crippen LogP contribution is -2.56. The number of rotatable bonds is 17. The van der Waals surface area contributed by atoms with E-state index in [-0.39, 0.29) is 44.8 Å². The first kappa shape index (κ1) is 33.0. The van der Waals surface area contributed by atoms with Gasteiger partial charge in [0.05, 0.1) is 6.04 Å². The Morgan fingerprint density at radius 1 is 0.732 bits per heavy atom. The highest BCUT2D eigenvalue weighted by molar-refractivity contribution is 5.93. The molecule has 2 aromatic rings. The van der Waals surface area contributed by atoms with Gasteiger partial charge in [0.15, 0.2) is 0 Å². The number of hydrogen-bond acceptors (Lipinski definition) is 8. The third-order valence-corrected chi connectivity index (χ3v) is 6.61. The van der Waals surface area contributed by atoms with Crippen molar-refractivity contribution in [3.8, 4) is 0 Å². The molecule has 2 aromatic carbocycles. The highest BCUT2D eigenvalue weighted by atomic mass is 16.5. The molecule has 0 bridgehead atoms. The van der Waals surface area contributed by atoms with Crippen molar-refractivity contribution >= 4 is 29.7 Å². The Balaban J connectivity index is 1.98. The van der Waals surface area contributed by atoms with Crippen molar-refractivity contribution < 1.29 is 33.4 Å². The Hall–Kier alpha value is -4.25. The van der Waals surface area contributed by atoms with Crippen LogP contribution in [0.25, 0.3) is 0 Å². The monoisotopic (exact) mass is 568 g/mol. The number of carbonyl (C=O) groups is 5. The first-order valence-electron chi connectivity index (χ1n) is 13.6. The van der Waals surface area contributed by atoms with Crippen LogP contribution in [-0.4, -0.2) is 47.8 Å². The largest absolute Gasteiger partial charge is 0.461 e. The number of benzene rings is 2. The lowest BCUT2D eigenvalue weighted by molar-refractivity contribution is -0.146. The van der Waals surface area contributed by atoms with Gasteiger partial charge in [-0.2, -0.15) is 0 Å². The smallest absolute Gasteiger partial charge is 0.306 e. The van der Waals surface area contributed by atoms with E-state index in [9.17, 15) is 24.0 Å². The van der Waals surface area contributed by atoms with Crippen molar-refractivity contribution in [2.75, 3.05) is 0 Å². The number of nitrogens with two attached hydrogens (primary N) is 2. The molecule has 0 radical (unpaired) electrons. The normalized spacial score (nSPS) is 13.6. The quantitative estimate of drug-likeness (QED) is 0.209. The second-order valence-electron chi connectivity index (χ2n) is 9.81. The first-order chi connectivity index (χ1) is 19.6. The molecule has 0 aliphatic carbocycles. The number of hydrogen-bond donors (Lipinski definition) is 4. The van der Waals surface area contributed by atoms with E-state index in [0.717, 1.165) is 11.1 Å². The molecule has 222 valence electrons. The standard InChI is InChI=1S/C30H40N4O7/c1-3-20(2)27(31)30(39)34-24(15-17-26(36)41-19-22-12-8-5-9-13-22)29(38)33-23(28(32)37)14-16-25(35)40-18-21-10-6-4-7-11-21/h4-13,20,23-24,27H,3,14-19,31H2,1-2H3,(H2,32,37)(H,33,38)(H,34,39)/t20-,23+,24+,27-/m1/s1. The van der Waals surface area contributed by atoms with Crippen molar-refractivity contribution in [3.63, 3.8) is 0 Å². The van der Waals surface area contributed by atoms with Crippen LogP contribution in [0.1, 0.15) is 57.1 Å². The molecule has 0 unspecified atom stereocenters. The summed E-state index contributed by atoms with van der Waals surface area (Å²) in [5.41, 5.74) is 13.1. The number of amides is 3.